The van der Waals surface area contributed by atoms with Crippen molar-refractivity contribution in [2.45, 2.75) is 142 Å². The molecule has 0 aromatic rings. The van der Waals surface area contributed by atoms with Crippen LogP contribution in [0.15, 0.2) is 23.3 Å². The molecule has 3 heterocycles. The summed E-state index contributed by atoms with van der Waals surface area (Å²) in [7, 11) is 0. The summed E-state index contributed by atoms with van der Waals surface area (Å²) < 4.78 is 36.3. The van der Waals surface area contributed by atoms with Gasteiger partial charge in [-0.3, -0.25) is 4.79 Å². The van der Waals surface area contributed by atoms with E-state index >= 15 is 0 Å². The molecule has 3 aliphatic heterocycles. The van der Waals surface area contributed by atoms with E-state index in [2.05, 4.69) is 39.8 Å². The van der Waals surface area contributed by atoms with Crippen LogP contribution in [0.2, 0.25) is 0 Å². The van der Waals surface area contributed by atoms with Gasteiger partial charge in [0.05, 0.1) is 19.3 Å². The van der Waals surface area contributed by atoms with Crippen molar-refractivity contribution in [2.24, 2.45) is 5.92 Å². The van der Waals surface area contributed by atoms with Gasteiger partial charge in [-0.05, 0) is 103 Å². The number of allylic oxidation sites excluding steroid dienone is 1. The maximum atomic E-state index is 12.0. The predicted octanol–water partition coefficient (Wildman–Crippen LogP) is 7.03. The van der Waals surface area contributed by atoms with Crippen LogP contribution in [-0.2, 0) is 33.2 Å². The Kier molecular flexibility index (Phi) is 14.0. The molecule has 6 atom stereocenters. The maximum absolute atomic E-state index is 12.0. The van der Waals surface area contributed by atoms with Crippen molar-refractivity contribution in [3.8, 4) is 0 Å². The minimum Gasteiger partial charge on any atom is -0.459 e. The Balaban J connectivity index is 1.55. The van der Waals surface area contributed by atoms with Crippen molar-refractivity contribution in [3.05, 3.63) is 23.3 Å². The SMILES string of the molecule is CC(=O)O[C@@H]1CCC(=CCOC2CCCCO2)CO[C@@]1(C)CCCC(C)C(CC=C(C)C)OC1CCCCO1. The number of ether oxygens (including phenoxy) is 6. The van der Waals surface area contributed by atoms with Gasteiger partial charge in [0, 0.05) is 20.1 Å². The Hall–Kier alpha value is -1.25. The van der Waals surface area contributed by atoms with Crippen LogP contribution in [0, 0.1) is 5.92 Å². The van der Waals surface area contributed by atoms with Crippen molar-refractivity contribution in [2.75, 3.05) is 26.4 Å². The fourth-order valence-corrected chi connectivity index (χ4v) is 5.69. The molecule has 0 spiro atoms. The van der Waals surface area contributed by atoms with Crippen molar-refractivity contribution >= 4 is 5.97 Å². The van der Waals surface area contributed by atoms with Crippen LogP contribution >= 0.6 is 0 Å². The molecule has 3 rings (SSSR count). The monoisotopic (exact) mass is 550 g/mol. The van der Waals surface area contributed by atoms with Gasteiger partial charge in [-0.15, -0.1) is 0 Å². The van der Waals surface area contributed by atoms with Gasteiger partial charge in [0.15, 0.2) is 12.6 Å². The second-order valence-electron chi connectivity index (χ2n) is 12.1. The van der Waals surface area contributed by atoms with E-state index in [0.29, 0.717) is 19.1 Å². The number of carbonyl (C=O) groups excluding carboxylic acids is 1. The lowest BCUT2D eigenvalue weighted by Crippen LogP contribution is -2.44. The molecule has 224 valence electrons. The quantitative estimate of drug-likeness (QED) is 0.180. The molecule has 3 aliphatic rings. The molecule has 4 unspecified atom stereocenters. The molecular weight excluding hydrogens is 496 g/mol. The molecule has 0 aromatic carbocycles. The van der Waals surface area contributed by atoms with Crippen LogP contribution in [0.1, 0.15) is 112 Å². The molecule has 0 aliphatic carbocycles. The molecule has 0 aromatic heterocycles. The molecule has 0 saturated carbocycles. The van der Waals surface area contributed by atoms with Crippen molar-refractivity contribution in [1.82, 2.24) is 0 Å². The minimum absolute atomic E-state index is 0.0910. The van der Waals surface area contributed by atoms with Crippen LogP contribution < -0.4 is 0 Å². The number of hydrogen-bond donors (Lipinski definition) is 0. The number of rotatable bonds is 13. The second-order valence-corrected chi connectivity index (χ2v) is 12.1. The summed E-state index contributed by atoms with van der Waals surface area (Å²) in [6.45, 7) is 12.8. The molecule has 0 amide bonds. The summed E-state index contributed by atoms with van der Waals surface area (Å²) >= 11 is 0. The molecule has 3 fully saturated rings. The highest BCUT2D eigenvalue weighted by atomic mass is 16.7. The van der Waals surface area contributed by atoms with E-state index in [9.17, 15) is 4.79 Å². The van der Waals surface area contributed by atoms with Gasteiger partial charge in [-0.25, -0.2) is 0 Å². The Morgan fingerprint density at radius 3 is 2.41 bits per heavy atom. The van der Waals surface area contributed by atoms with Crippen LogP contribution in [0.5, 0.6) is 0 Å². The molecular formula is C32H54O7. The molecule has 39 heavy (non-hydrogen) atoms. The van der Waals surface area contributed by atoms with E-state index in [-0.39, 0.29) is 30.8 Å². The standard InChI is InChI=1S/C32H54O7/c1-24(2)14-16-28(39-31-13-7-9-21-35-31)25(3)11-10-19-32(5)29(38-26(4)33)17-15-27(23-37-32)18-22-36-30-12-6-8-20-34-30/h14,18,25,28-31H,6-13,15-17,19-23H2,1-5H3/t25?,28?,29-,30?,31?,32+/m1/s1. The fraction of sp³-hybridized carbons (Fsp3) is 0.844. The summed E-state index contributed by atoms with van der Waals surface area (Å²) in [4.78, 5) is 12.0. The molecule has 0 bridgehead atoms. The average molecular weight is 551 g/mol. The van der Waals surface area contributed by atoms with Crippen molar-refractivity contribution in [1.29, 1.82) is 0 Å². The third-order valence-electron chi connectivity index (χ3n) is 8.29. The molecule has 7 heteroatoms. The van der Waals surface area contributed by atoms with Crippen LogP contribution in [0.3, 0.4) is 0 Å². The first kappa shape index (κ1) is 32.3. The number of hydrogen-bond acceptors (Lipinski definition) is 7. The first-order chi connectivity index (χ1) is 18.7. The highest BCUT2D eigenvalue weighted by molar-refractivity contribution is 5.66. The van der Waals surface area contributed by atoms with E-state index in [0.717, 1.165) is 83.8 Å². The summed E-state index contributed by atoms with van der Waals surface area (Å²) in [5.74, 6) is 0.123. The van der Waals surface area contributed by atoms with E-state index in [1.807, 2.05) is 0 Å². The van der Waals surface area contributed by atoms with Crippen LogP contribution in [0.25, 0.3) is 0 Å². The lowest BCUT2D eigenvalue weighted by atomic mass is 9.86. The second kappa shape index (κ2) is 16.9. The van der Waals surface area contributed by atoms with Crippen molar-refractivity contribution in [3.63, 3.8) is 0 Å². The molecule has 0 radical (unpaired) electrons. The van der Waals surface area contributed by atoms with Crippen LogP contribution in [-0.4, -0.2) is 62.8 Å². The normalized spacial score (nSPS) is 30.8. The lowest BCUT2D eigenvalue weighted by Gasteiger charge is -2.36. The third-order valence-corrected chi connectivity index (χ3v) is 8.29. The lowest BCUT2D eigenvalue weighted by molar-refractivity contribution is -0.197. The van der Waals surface area contributed by atoms with Gasteiger partial charge < -0.3 is 28.4 Å². The maximum Gasteiger partial charge on any atom is 0.303 e. The Morgan fingerprint density at radius 2 is 1.77 bits per heavy atom. The summed E-state index contributed by atoms with van der Waals surface area (Å²) in [6.07, 6.45) is 15.8. The smallest absolute Gasteiger partial charge is 0.303 e. The highest BCUT2D eigenvalue weighted by Gasteiger charge is 2.39. The largest absolute Gasteiger partial charge is 0.459 e. The van der Waals surface area contributed by atoms with E-state index in [1.165, 1.54) is 24.5 Å². The first-order valence-electron chi connectivity index (χ1n) is 15.4. The van der Waals surface area contributed by atoms with E-state index < -0.39 is 5.60 Å². The fourth-order valence-electron chi connectivity index (χ4n) is 5.69. The highest BCUT2D eigenvalue weighted by Crippen LogP contribution is 2.35. The number of esters is 1. The third kappa shape index (κ3) is 11.6. The number of carbonyl (C=O) groups is 1. The zero-order chi connectivity index (χ0) is 28.1. The average Bonchev–Trinajstić information content (AvgIpc) is 3.06. The van der Waals surface area contributed by atoms with Gasteiger partial charge in [0.25, 0.3) is 0 Å². The predicted molar refractivity (Wildman–Crippen MR) is 152 cm³/mol. The van der Waals surface area contributed by atoms with E-state index in [1.54, 1.807) is 0 Å². The van der Waals surface area contributed by atoms with Gasteiger partial charge in [0.1, 0.15) is 11.7 Å². The summed E-state index contributed by atoms with van der Waals surface area (Å²) in [5.41, 5.74) is 1.98. The minimum atomic E-state index is -0.531. The Bertz CT molecular complexity index is 777. The first-order valence-corrected chi connectivity index (χ1v) is 15.4. The summed E-state index contributed by atoms with van der Waals surface area (Å²) in [6, 6.07) is 0. The summed E-state index contributed by atoms with van der Waals surface area (Å²) in [5, 5.41) is 0. The Labute approximate surface area is 236 Å². The van der Waals surface area contributed by atoms with Gasteiger partial charge in [-0.1, -0.05) is 31.1 Å². The Morgan fingerprint density at radius 1 is 1.05 bits per heavy atom. The van der Waals surface area contributed by atoms with Gasteiger partial charge in [-0.2, -0.15) is 0 Å². The molecule has 3 saturated heterocycles. The van der Waals surface area contributed by atoms with Crippen LogP contribution in [0.4, 0.5) is 0 Å². The zero-order valence-electron chi connectivity index (χ0n) is 25.2. The van der Waals surface area contributed by atoms with Gasteiger partial charge in [0.2, 0.25) is 0 Å². The van der Waals surface area contributed by atoms with Gasteiger partial charge >= 0.3 is 5.97 Å². The van der Waals surface area contributed by atoms with Crippen molar-refractivity contribution < 1.29 is 33.2 Å². The molecule has 0 N–H and O–H groups in total. The topological polar surface area (TPSA) is 72.5 Å². The zero-order valence-corrected chi connectivity index (χ0v) is 25.2. The molecule has 7 nitrogen and oxygen atoms in total. The van der Waals surface area contributed by atoms with E-state index in [4.69, 9.17) is 28.4 Å².